The minimum atomic E-state index is -1.03. The van der Waals surface area contributed by atoms with E-state index in [0.29, 0.717) is 27.2 Å². The number of nitrogens with zero attached hydrogens (tertiary/aromatic N) is 1. The number of hydrogen-bond acceptors (Lipinski definition) is 5. The summed E-state index contributed by atoms with van der Waals surface area (Å²) in [7, 11) is 0. The van der Waals surface area contributed by atoms with Gasteiger partial charge in [-0.25, -0.2) is 5.10 Å². The second-order valence-corrected chi connectivity index (χ2v) is 6.23. The molecule has 0 unspecified atom stereocenters. The third kappa shape index (κ3) is 4.32. The number of halogens is 1. The molecule has 2 aromatic carbocycles. The summed E-state index contributed by atoms with van der Waals surface area (Å²) in [6, 6.07) is 13.6. The lowest BCUT2D eigenvalue weighted by atomic mass is 10.1. The average molecular weight is 386 g/mol. The number of esters is 1. The van der Waals surface area contributed by atoms with E-state index < -0.39 is 18.0 Å². The molecular formula is C19H16ClN3O4. The van der Waals surface area contributed by atoms with Crippen LogP contribution in [0, 0.1) is 0 Å². The van der Waals surface area contributed by atoms with Crippen molar-refractivity contribution in [1.29, 1.82) is 0 Å². The van der Waals surface area contributed by atoms with E-state index in [1.807, 2.05) is 0 Å². The molecule has 0 saturated heterocycles. The molecule has 3 rings (SSSR count). The van der Waals surface area contributed by atoms with E-state index >= 15 is 0 Å². The van der Waals surface area contributed by atoms with Crippen LogP contribution in [0.1, 0.15) is 12.6 Å². The van der Waals surface area contributed by atoms with Crippen molar-refractivity contribution < 1.29 is 14.3 Å². The number of para-hydroxylation sites is 1. The molecular weight excluding hydrogens is 370 g/mol. The molecule has 8 heteroatoms. The van der Waals surface area contributed by atoms with Crippen LogP contribution in [0.3, 0.4) is 0 Å². The highest BCUT2D eigenvalue weighted by Gasteiger charge is 2.20. The number of H-pyrrole nitrogens is 1. The Morgan fingerprint density at radius 1 is 1.15 bits per heavy atom. The van der Waals surface area contributed by atoms with E-state index in [-0.39, 0.29) is 12.0 Å². The Labute approximate surface area is 159 Å². The molecule has 27 heavy (non-hydrogen) atoms. The molecule has 0 aliphatic rings. The largest absolute Gasteiger partial charge is 0.452 e. The second-order valence-electron chi connectivity index (χ2n) is 5.82. The maximum Gasteiger partial charge on any atom is 0.312 e. The summed E-state index contributed by atoms with van der Waals surface area (Å²) in [4.78, 5) is 36.2. The Hall–Kier alpha value is -3.19. The maximum atomic E-state index is 12.2. The predicted molar refractivity (Wildman–Crippen MR) is 102 cm³/mol. The first-order chi connectivity index (χ1) is 13.0. The minimum Gasteiger partial charge on any atom is -0.452 e. The van der Waals surface area contributed by atoms with Crippen LogP contribution in [0.5, 0.6) is 0 Å². The smallest absolute Gasteiger partial charge is 0.312 e. The van der Waals surface area contributed by atoms with Crippen molar-refractivity contribution in [1.82, 2.24) is 10.2 Å². The van der Waals surface area contributed by atoms with Crippen LogP contribution < -0.4 is 10.9 Å². The lowest BCUT2D eigenvalue weighted by Crippen LogP contribution is -2.30. The van der Waals surface area contributed by atoms with Gasteiger partial charge in [-0.3, -0.25) is 14.4 Å². The molecule has 2 N–H and O–H groups in total. The van der Waals surface area contributed by atoms with Crippen molar-refractivity contribution in [3.8, 4) is 0 Å². The predicted octanol–water partition coefficient (Wildman–Crippen LogP) is 2.69. The molecule has 1 amide bonds. The lowest BCUT2D eigenvalue weighted by Gasteiger charge is -2.14. The number of rotatable bonds is 5. The molecule has 138 valence electrons. The van der Waals surface area contributed by atoms with Crippen LogP contribution in [0.15, 0.2) is 53.3 Å². The van der Waals surface area contributed by atoms with Crippen molar-refractivity contribution in [3.05, 3.63) is 69.6 Å². The Balaban J connectivity index is 1.67. The number of ether oxygens (including phenoxy) is 1. The van der Waals surface area contributed by atoms with Crippen LogP contribution >= 0.6 is 11.6 Å². The Morgan fingerprint density at radius 3 is 2.56 bits per heavy atom. The van der Waals surface area contributed by atoms with Crippen molar-refractivity contribution in [2.24, 2.45) is 0 Å². The molecule has 0 radical (unpaired) electrons. The molecule has 3 aromatic rings. The number of carbonyl (C=O) groups is 2. The summed E-state index contributed by atoms with van der Waals surface area (Å²) in [6.07, 6.45) is -1.20. The van der Waals surface area contributed by atoms with Crippen LogP contribution in [0.4, 0.5) is 5.69 Å². The topological polar surface area (TPSA) is 101 Å². The molecule has 0 saturated carbocycles. The van der Waals surface area contributed by atoms with Crippen molar-refractivity contribution in [3.63, 3.8) is 0 Å². The number of carbonyl (C=O) groups excluding carboxylic acids is 2. The highest BCUT2D eigenvalue weighted by atomic mass is 35.5. The number of aromatic nitrogens is 2. The molecule has 1 heterocycles. The second kappa shape index (κ2) is 8.01. The highest BCUT2D eigenvalue weighted by Crippen LogP contribution is 2.21. The molecule has 0 bridgehead atoms. The molecule has 7 nitrogen and oxygen atoms in total. The summed E-state index contributed by atoms with van der Waals surface area (Å²) in [6.45, 7) is 1.46. The third-order valence-corrected chi connectivity index (χ3v) is 4.23. The van der Waals surface area contributed by atoms with Gasteiger partial charge in [0.1, 0.15) is 0 Å². The van der Waals surface area contributed by atoms with Crippen LogP contribution in [-0.4, -0.2) is 28.2 Å². The number of benzene rings is 2. The minimum absolute atomic E-state index is 0.180. The third-order valence-electron chi connectivity index (χ3n) is 3.90. The molecule has 0 aliphatic carbocycles. The fourth-order valence-corrected chi connectivity index (χ4v) is 2.72. The van der Waals surface area contributed by atoms with Gasteiger partial charge < -0.3 is 10.1 Å². The summed E-state index contributed by atoms with van der Waals surface area (Å²) in [5, 5.41) is 10.3. The first-order valence-corrected chi connectivity index (χ1v) is 8.54. The van der Waals surface area contributed by atoms with Crippen molar-refractivity contribution >= 4 is 39.9 Å². The highest BCUT2D eigenvalue weighted by molar-refractivity contribution is 6.33. The number of fused-ring (bicyclic) bond motifs is 1. The summed E-state index contributed by atoms with van der Waals surface area (Å²) in [5.41, 5.74) is 0.462. The van der Waals surface area contributed by atoms with Gasteiger partial charge in [0.15, 0.2) is 6.10 Å². The van der Waals surface area contributed by atoms with E-state index in [2.05, 4.69) is 15.5 Å². The van der Waals surface area contributed by atoms with Gasteiger partial charge in [-0.05, 0) is 25.1 Å². The summed E-state index contributed by atoms with van der Waals surface area (Å²) >= 11 is 5.99. The normalized spacial score (nSPS) is 11.8. The first kappa shape index (κ1) is 18.6. The van der Waals surface area contributed by atoms with E-state index in [9.17, 15) is 14.4 Å². The van der Waals surface area contributed by atoms with Gasteiger partial charge in [0.05, 0.1) is 28.2 Å². The number of anilines is 1. The van der Waals surface area contributed by atoms with Crippen LogP contribution in [0.25, 0.3) is 10.8 Å². The average Bonchev–Trinajstić information content (AvgIpc) is 2.66. The Morgan fingerprint density at radius 2 is 1.81 bits per heavy atom. The van der Waals surface area contributed by atoms with Gasteiger partial charge in [-0.1, -0.05) is 41.9 Å². The van der Waals surface area contributed by atoms with E-state index in [0.717, 1.165) is 0 Å². The van der Waals surface area contributed by atoms with E-state index in [1.165, 1.54) is 6.92 Å². The maximum absolute atomic E-state index is 12.2. The zero-order chi connectivity index (χ0) is 19.4. The number of hydrogen-bond donors (Lipinski definition) is 2. The first-order valence-electron chi connectivity index (χ1n) is 8.17. The molecule has 1 aromatic heterocycles. The Bertz CT molecular complexity index is 1060. The zero-order valence-electron chi connectivity index (χ0n) is 14.4. The van der Waals surface area contributed by atoms with Gasteiger partial charge in [0, 0.05) is 5.39 Å². The fraction of sp³-hybridized carbons (Fsp3) is 0.158. The monoisotopic (exact) mass is 385 g/mol. The van der Waals surface area contributed by atoms with Gasteiger partial charge in [0.25, 0.3) is 11.5 Å². The fourth-order valence-electron chi connectivity index (χ4n) is 2.53. The number of amides is 1. The molecule has 0 spiro atoms. The van der Waals surface area contributed by atoms with Gasteiger partial charge in [-0.15, -0.1) is 0 Å². The summed E-state index contributed by atoms with van der Waals surface area (Å²) in [5.74, 6) is -1.14. The van der Waals surface area contributed by atoms with E-state index in [1.54, 1.807) is 48.5 Å². The van der Waals surface area contributed by atoms with Crippen LogP contribution in [0.2, 0.25) is 5.02 Å². The summed E-state index contributed by atoms with van der Waals surface area (Å²) < 4.78 is 5.18. The number of nitrogens with one attached hydrogen (secondary N) is 2. The van der Waals surface area contributed by atoms with Gasteiger partial charge in [0.2, 0.25) is 0 Å². The van der Waals surface area contributed by atoms with Gasteiger partial charge in [-0.2, -0.15) is 5.10 Å². The standard InChI is InChI=1S/C19H16ClN3O4/c1-11(18(25)21-15-9-5-4-8-14(15)20)27-17(24)10-16-12-6-2-3-7-13(12)19(26)23-22-16/h2-9,11H,10H2,1H3,(H,21,25)(H,23,26)/t11-/m0/s1. The SMILES string of the molecule is C[C@H](OC(=O)Cc1n[nH]c(=O)c2ccccc12)C(=O)Nc1ccccc1Cl. The molecule has 0 aliphatic heterocycles. The van der Waals surface area contributed by atoms with Crippen molar-refractivity contribution in [2.75, 3.05) is 5.32 Å². The van der Waals surface area contributed by atoms with Crippen molar-refractivity contribution in [2.45, 2.75) is 19.4 Å². The van der Waals surface area contributed by atoms with Crippen LogP contribution in [-0.2, 0) is 20.7 Å². The Kier molecular flexibility index (Phi) is 5.52. The van der Waals surface area contributed by atoms with E-state index in [4.69, 9.17) is 16.3 Å². The zero-order valence-corrected chi connectivity index (χ0v) is 15.1. The van der Waals surface area contributed by atoms with Gasteiger partial charge >= 0.3 is 5.97 Å². The molecule has 0 fully saturated rings. The quantitative estimate of drug-likeness (QED) is 0.657. The lowest BCUT2D eigenvalue weighted by molar-refractivity contribution is -0.152. The molecule has 1 atom stereocenters. The number of aromatic amines is 1.